The first-order valence-electron chi connectivity index (χ1n) is 7.87. The summed E-state index contributed by atoms with van der Waals surface area (Å²) in [5, 5.41) is 22.1. The van der Waals surface area contributed by atoms with Crippen LogP contribution in [0.5, 0.6) is 0 Å². The van der Waals surface area contributed by atoms with Crippen molar-refractivity contribution in [2.24, 2.45) is 5.92 Å². The molecule has 1 heterocycles. The molecule has 0 saturated heterocycles. The largest absolute Gasteiger partial charge is 0.549 e. The van der Waals surface area contributed by atoms with Crippen LogP contribution < -0.4 is 10.4 Å². The highest BCUT2D eigenvalue weighted by Gasteiger charge is 2.34. The van der Waals surface area contributed by atoms with Gasteiger partial charge in [-0.05, 0) is 19.1 Å². The number of allylic oxidation sites excluding steroid dienone is 2. The lowest BCUT2D eigenvalue weighted by Gasteiger charge is -2.36. The molecule has 2 aromatic rings. The molecule has 0 bridgehead atoms. The quantitative estimate of drug-likeness (QED) is 0.761. The monoisotopic (exact) mass is 370 g/mol. The minimum absolute atomic E-state index is 0.0172. The van der Waals surface area contributed by atoms with Gasteiger partial charge in [-0.2, -0.15) is 0 Å². The number of carbonyl (C=O) groups is 2. The minimum atomic E-state index is -1.24. The number of aromatic nitrogens is 2. The zero-order valence-electron chi connectivity index (χ0n) is 13.9. The molecule has 0 radical (unpaired) electrons. The average molecular weight is 370 g/mol. The summed E-state index contributed by atoms with van der Waals surface area (Å²) in [6.07, 6.45) is 6.44. The topological polar surface area (TPSA) is 108 Å². The molecule has 0 fully saturated rings. The van der Waals surface area contributed by atoms with E-state index in [1.165, 1.54) is 6.08 Å². The number of amides is 1. The molecule has 1 aromatic heterocycles. The summed E-state index contributed by atoms with van der Waals surface area (Å²) in [4.78, 5) is 23.5. The third-order valence-electron chi connectivity index (χ3n) is 3.92. The van der Waals surface area contributed by atoms with Crippen LogP contribution in [0.1, 0.15) is 6.92 Å². The van der Waals surface area contributed by atoms with Gasteiger partial charge >= 0.3 is 0 Å². The van der Waals surface area contributed by atoms with Gasteiger partial charge in [-0.25, -0.2) is 0 Å². The van der Waals surface area contributed by atoms with Crippen molar-refractivity contribution in [2.45, 2.75) is 17.7 Å². The van der Waals surface area contributed by atoms with Crippen LogP contribution in [0.4, 0.5) is 0 Å². The number of hydrogen-bond donors (Lipinski definition) is 1. The fourth-order valence-corrected chi connectivity index (χ4v) is 3.17. The number of aliphatic carboxylic acids is 1. The van der Waals surface area contributed by atoms with Crippen LogP contribution in [-0.4, -0.2) is 33.4 Å². The molecule has 7 nitrogen and oxygen atoms in total. The molecule has 2 unspecified atom stereocenters. The van der Waals surface area contributed by atoms with Crippen molar-refractivity contribution in [3.63, 3.8) is 0 Å². The van der Waals surface area contributed by atoms with Crippen molar-refractivity contribution in [3.8, 4) is 11.5 Å². The van der Waals surface area contributed by atoms with Gasteiger partial charge in [-0.15, -0.1) is 10.2 Å². The fourth-order valence-electron chi connectivity index (χ4n) is 2.61. The minimum Gasteiger partial charge on any atom is -0.549 e. The van der Waals surface area contributed by atoms with Crippen LogP contribution >= 0.6 is 11.8 Å². The summed E-state index contributed by atoms with van der Waals surface area (Å²) in [6, 6.07) is 9.30. The smallest absolute Gasteiger partial charge is 0.277 e. The zero-order valence-corrected chi connectivity index (χ0v) is 14.7. The number of carboxylic acids is 1. The number of nitrogens with one attached hydrogen (secondary N) is 1. The zero-order chi connectivity index (χ0) is 18.6. The highest BCUT2D eigenvalue weighted by molar-refractivity contribution is 7.99. The molecule has 8 heteroatoms. The van der Waals surface area contributed by atoms with E-state index in [1.807, 2.05) is 30.3 Å². The number of carboxylic acid groups (broad SMARTS) is 1. The van der Waals surface area contributed by atoms with Gasteiger partial charge in [0.25, 0.3) is 5.22 Å². The van der Waals surface area contributed by atoms with E-state index in [9.17, 15) is 14.7 Å². The molecule has 1 amide bonds. The summed E-state index contributed by atoms with van der Waals surface area (Å²) in [6.45, 7) is 1.64. The second kappa shape index (κ2) is 7.57. The molecule has 3 rings (SSSR count). The molecule has 1 aromatic carbocycles. The van der Waals surface area contributed by atoms with Gasteiger partial charge < -0.3 is 19.6 Å². The Kier molecular flexibility index (Phi) is 5.22. The molecular weight excluding hydrogens is 354 g/mol. The third-order valence-corrected chi connectivity index (χ3v) is 4.74. The van der Waals surface area contributed by atoms with Crippen LogP contribution in [0.25, 0.3) is 11.5 Å². The van der Waals surface area contributed by atoms with Crippen LogP contribution in [0.15, 0.2) is 64.3 Å². The van der Waals surface area contributed by atoms with E-state index in [1.54, 1.807) is 25.2 Å². The Morgan fingerprint density at radius 1 is 1.27 bits per heavy atom. The first-order chi connectivity index (χ1) is 12.5. The van der Waals surface area contributed by atoms with E-state index >= 15 is 0 Å². The van der Waals surface area contributed by atoms with Crippen molar-refractivity contribution in [2.75, 3.05) is 5.75 Å². The third kappa shape index (κ3) is 4.02. The molecule has 0 aliphatic heterocycles. The Morgan fingerprint density at radius 3 is 2.77 bits per heavy atom. The number of hydrogen-bond acceptors (Lipinski definition) is 7. The van der Waals surface area contributed by atoms with Crippen molar-refractivity contribution >= 4 is 23.6 Å². The molecule has 2 atom stereocenters. The maximum Gasteiger partial charge on any atom is 0.277 e. The van der Waals surface area contributed by atoms with Crippen molar-refractivity contribution in [1.29, 1.82) is 0 Å². The van der Waals surface area contributed by atoms with E-state index < -0.39 is 17.4 Å². The highest BCUT2D eigenvalue weighted by atomic mass is 32.2. The Morgan fingerprint density at radius 2 is 2.04 bits per heavy atom. The van der Waals surface area contributed by atoms with Gasteiger partial charge in [0.2, 0.25) is 11.8 Å². The molecule has 26 heavy (non-hydrogen) atoms. The van der Waals surface area contributed by atoms with Crippen molar-refractivity contribution < 1.29 is 19.1 Å². The van der Waals surface area contributed by atoms with Gasteiger partial charge in [0.15, 0.2) is 0 Å². The summed E-state index contributed by atoms with van der Waals surface area (Å²) in [5.74, 6) is -2.13. The predicted octanol–water partition coefficient (Wildman–Crippen LogP) is 1.20. The van der Waals surface area contributed by atoms with Gasteiger partial charge in [0, 0.05) is 11.5 Å². The van der Waals surface area contributed by atoms with Crippen LogP contribution in [0, 0.1) is 5.92 Å². The Labute approximate surface area is 154 Å². The summed E-state index contributed by atoms with van der Waals surface area (Å²) in [7, 11) is 0. The molecule has 1 N–H and O–H groups in total. The van der Waals surface area contributed by atoms with E-state index in [-0.39, 0.29) is 16.9 Å². The molecule has 1 aliphatic carbocycles. The number of rotatable bonds is 6. The van der Waals surface area contributed by atoms with Crippen LogP contribution in [0.2, 0.25) is 0 Å². The lowest BCUT2D eigenvalue weighted by Crippen LogP contribution is -2.56. The number of benzene rings is 1. The standard InChI is InChI=1S/C18H17N3O4S/c1-18(10-6-5-9-13(18)16(23)24)19-14(22)11-26-17-21-20-15(25-17)12-7-3-2-4-8-12/h2-10,13H,11H2,1H3,(H,19,22)(H,23,24)/p-1. The first kappa shape index (κ1) is 17.9. The summed E-state index contributed by atoms with van der Waals surface area (Å²) >= 11 is 1.08. The Hall–Kier alpha value is -2.87. The van der Waals surface area contributed by atoms with Crippen molar-refractivity contribution in [3.05, 3.63) is 54.6 Å². The van der Waals surface area contributed by atoms with E-state index in [4.69, 9.17) is 4.42 Å². The van der Waals surface area contributed by atoms with E-state index in [2.05, 4.69) is 15.5 Å². The fraction of sp³-hybridized carbons (Fsp3) is 0.222. The SMILES string of the molecule is CC1(NC(=O)CSc2nnc(-c3ccccc3)o2)C=CC=CC1C(=O)[O-]. The lowest BCUT2D eigenvalue weighted by molar-refractivity contribution is -0.311. The number of nitrogens with zero attached hydrogens (tertiary/aromatic N) is 2. The number of thioether (sulfide) groups is 1. The van der Waals surface area contributed by atoms with E-state index in [0.29, 0.717) is 5.89 Å². The molecule has 0 saturated carbocycles. The number of carbonyl (C=O) groups excluding carboxylic acids is 2. The van der Waals surface area contributed by atoms with Gasteiger partial charge in [0.05, 0.1) is 17.3 Å². The summed E-state index contributed by atoms with van der Waals surface area (Å²) < 4.78 is 5.53. The first-order valence-corrected chi connectivity index (χ1v) is 8.86. The molecule has 0 spiro atoms. The second-order valence-corrected chi connectivity index (χ2v) is 6.83. The maximum absolute atomic E-state index is 12.2. The summed E-state index contributed by atoms with van der Waals surface area (Å²) in [5.41, 5.74) is -0.255. The maximum atomic E-state index is 12.2. The van der Waals surface area contributed by atoms with Gasteiger partial charge in [-0.3, -0.25) is 4.79 Å². The Balaban J connectivity index is 1.59. The second-order valence-electron chi connectivity index (χ2n) is 5.90. The lowest BCUT2D eigenvalue weighted by atomic mass is 9.82. The predicted molar refractivity (Wildman–Crippen MR) is 93.8 cm³/mol. The average Bonchev–Trinajstić information content (AvgIpc) is 3.09. The molecule has 134 valence electrons. The molecule has 1 aliphatic rings. The van der Waals surface area contributed by atoms with Crippen molar-refractivity contribution in [1.82, 2.24) is 15.5 Å². The molecular formula is C18H16N3O4S-. The normalized spacial score (nSPS) is 21.5. The van der Waals surface area contributed by atoms with Gasteiger partial charge in [0.1, 0.15) is 0 Å². The van der Waals surface area contributed by atoms with Gasteiger partial charge in [-0.1, -0.05) is 54.3 Å². The van der Waals surface area contributed by atoms with E-state index in [0.717, 1.165) is 17.3 Å². The highest BCUT2D eigenvalue weighted by Crippen LogP contribution is 2.25. The Bertz CT molecular complexity index is 862. The van der Waals surface area contributed by atoms with Crippen LogP contribution in [0.3, 0.4) is 0 Å². The van der Waals surface area contributed by atoms with Crippen LogP contribution in [-0.2, 0) is 9.59 Å².